The third kappa shape index (κ3) is 5.57. The summed E-state index contributed by atoms with van der Waals surface area (Å²) in [5.41, 5.74) is 6.44. The fourth-order valence-corrected chi connectivity index (χ4v) is 1.86. The van der Waals surface area contributed by atoms with Crippen LogP contribution in [-0.2, 0) is 11.3 Å². The standard InChI is InChI=1S/C13H19ClN2O3/c1-19-8-11(17)4-5-16-7-10-3-2-9(13(15)18)6-12(10)14/h2-3,6,11,16-17H,4-5,7-8H2,1H3,(H2,15,18). The van der Waals surface area contributed by atoms with Gasteiger partial charge >= 0.3 is 0 Å². The number of nitrogens with two attached hydrogens (primary N) is 1. The summed E-state index contributed by atoms with van der Waals surface area (Å²) >= 11 is 6.05. The predicted molar refractivity (Wildman–Crippen MR) is 74.2 cm³/mol. The lowest BCUT2D eigenvalue weighted by Gasteiger charge is -2.11. The number of halogens is 1. The molecule has 1 aromatic rings. The normalized spacial score (nSPS) is 12.4. The molecule has 0 aliphatic heterocycles. The van der Waals surface area contributed by atoms with E-state index in [1.54, 1.807) is 25.3 Å². The zero-order valence-electron chi connectivity index (χ0n) is 10.9. The number of carbonyl (C=O) groups excluding carboxylic acids is 1. The third-order valence-electron chi connectivity index (χ3n) is 2.67. The Bertz CT molecular complexity index is 426. The Kier molecular flexibility index (Phi) is 6.80. The highest BCUT2D eigenvalue weighted by atomic mass is 35.5. The first-order chi connectivity index (χ1) is 9.04. The summed E-state index contributed by atoms with van der Waals surface area (Å²) in [5.74, 6) is -0.496. The monoisotopic (exact) mass is 286 g/mol. The van der Waals surface area contributed by atoms with Gasteiger partial charge < -0.3 is 20.9 Å². The number of rotatable bonds is 8. The fraction of sp³-hybridized carbons (Fsp3) is 0.462. The molecule has 1 atom stereocenters. The molecule has 106 valence electrons. The van der Waals surface area contributed by atoms with E-state index in [4.69, 9.17) is 22.1 Å². The van der Waals surface area contributed by atoms with Gasteiger partial charge in [0.15, 0.2) is 0 Å². The topological polar surface area (TPSA) is 84.6 Å². The van der Waals surface area contributed by atoms with Crippen LogP contribution in [0.1, 0.15) is 22.3 Å². The van der Waals surface area contributed by atoms with Gasteiger partial charge in [0, 0.05) is 24.2 Å². The van der Waals surface area contributed by atoms with Gasteiger partial charge in [-0.2, -0.15) is 0 Å². The maximum atomic E-state index is 11.0. The average molecular weight is 287 g/mol. The number of aliphatic hydroxyl groups excluding tert-OH is 1. The Morgan fingerprint density at radius 3 is 2.89 bits per heavy atom. The molecule has 0 fully saturated rings. The summed E-state index contributed by atoms with van der Waals surface area (Å²) in [7, 11) is 1.55. The number of hydrogen-bond acceptors (Lipinski definition) is 4. The lowest BCUT2D eigenvalue weighted by molar-refractivity contribution is 0.0594. The van der Waals surface area contributed by atoms with E-state index in [9.17, 15) is 9.90 Å². The van der Waals surface area contributed by atoms with Crippen LogP contribution < -0.4 is 11.1 Å². The number of benzene rings is 1. The van der Waals surface area contributed by atoms with Crippen LogP contribution in [0.4, 0.5) is 0 Å². The van der Waals surface area contributed by atoms with E-state index in [0.717, 1.165) is 5.56 Å². The highest BCUT2D eigenvalue weighted by Gasteiger charge is 2.06. The largest absolute Gasteiger partial charge is 0.391 e. The van der Waals surface area contributed by atoms with E-state index in [0.29, 0.717) is 36.7 Å². The van der Waals surface area contributed by atoms with Gasteiger partial charge in [0.05, 0.1) is 12.7 Å². The van der Waals surface area contributed by atoms with Gasteiger partial charge in [-0.05, 0) is 30.7 Å². The highest BCUT2D eigenvalue weighted by Crippen LogP contribution is 2.17. The van der Waals surface area contributed by atoms with Crippen LogP contribution in [0, 0.1) is 0 Å². The van der Waals surface area contributed by atoms with E-state index in [-0.39, 0.29) is 0 Å². The smallest absolute Gasteiger partial charge is 0.248 e. The van der Waals surface area contributed by atoms with Gasteiger partial charge in [0.1, 0.15) is 0 Å². The SMILES string of the molecule is COCC(O)CCNCc1ccc(C(N)=O)cc1Cl. The van der Waals surface area contributed by atoms with Crippen molar-refractivity contribution >= 4 is 17.5 Å². The second-order valence-electron chi connectivity index (χ2n) is 4.25. The first kappa shape index (κ1) is 15.9. The van der Waals surface area contributed by atoms with Crippen molar-refractivity contribution in [3.05, 3.63) is 34.3 Å². The first-order valence-corrected chi connectivity index (χ1v) is 6.38. The molecule has 4 N–H and O–H groups in total. The minimum absolute atomic E-state index is 0.329. The van der Waals surface area contributed by atoms with Crippen molar-refractivity contribution in [1.82, 2.24) is 5.32 Å². The number of methoxy groups -OCH3 is 1. The molecular formula is C13H19ClN2O3. The molecule has 0 bridgehead atoms. The molecule has 0 radical (unpaired) electrons. The Morgan fingerprint density at radius 1 is 1.58 bits per heavy atom. The first-order valence-electron chi connectivity index (χ1n) is 6.00. The highest BCUT2D eigenvalue weighted by molar-refractivity contribution is 6.31. The maximum absolute atomic E-state index is 11.0. The average Bonchev–Trinajstić information content (AvgIpc) is 2.36. The van der Waals surface area contributed by atoms with Crippen molar-refractivity contribution in [3.63, 3.8) is 0 Å². The summed E-state index contributed by atoms with van der Waals surface area (Å²) in [4.78, 5) is 11.0. The van der Waals surface area contributed by atoms with Crippen molar-refractivity contribution in [2.75, 3.05) is 20.3 Å². The van der Waals surface area contributed by atoms with Crippen LogP contribution in [-0.4, -0.2) is 37.4 Å². The second-order valence-corrected chi connectivity index (χ2v) is 4.65. The molecule has 0 aromatic heterocycles. The second kappa shape index (κ2) is 8.12. The van der Waals surface area contributed by atoms with Gasteiger partial charge in [-0.15, -0.1) is 0 Å². The van der Waals surface area contributed by atoms with Crippen molar-refractivity contribution in [2.24, 2.45) is 5.73 Å². The van der Waals surface area contributed by atoms with Crippen LogP contribution in [0.5, 0.6) is 0 Å². The number of hydrogen-bond donors (Lipinski definition) is 3. The molecule has 0 saturated heterocycles. The van der Waals surface area contributed by atoms with Crippen LogP contribution in [0.2, 0.25) is 5.02 Å². The molecule has 1 rings (SSSR count). The minimum Gasteiger partial charge on any atom is -0.391 e. The molecule has 19 heavy (non-hydrogen) atoms. The molecular weight excluding hydrogens is 268 g/mol. The molecule has 6 heteroatoms. The quantitative estimate of drug-likeness (QED) is 0.621. The fourth-order valence-electron chi connectivity index (χ4n) is 1.61. The molecule has 0 aliphatic carbocycles. The lowest BCUT2D eigenvalue weighted by Crippen LogP contribution is -2.23. The zero-order valence-corrected chi connectivity index (χ0v) is 11.6. The number of ether oxygens (including phenoxy) is 1. The molecule has 0 spiro atoms. The van der Waals surface area contributed by atoms with Gasteiger partial charge in [0.25, 0.3) is 0 Å². The van der Waals surface area contributed by atoms with E-state index < -0.39 is 12.0 Å². The number of nitrogens with one attached hydrogen (secondary N) is 1. The molecule has 0 aliphatic rings. The minimum atomic E-state index is -0.496. The summed E-state index contributed by atoms with van der Waals surface area (Å²) in [5, 5.41) is 13.1. The number of primary amides is 1. The summed E-state index contributed by atoms with van der Waals surface area (Å²) < 4.78 is 4.83. The molecule has 0 saturated carbocycles. The molecule has 1 unspecified atom stereocenters. The summed E-state index contributed by atoms with van der Waals surface area (Å²) in [6.45, 7) is 1.55. The zero-order chi connectivity index (χ0) is 14.3. The van der Waals surface area contributed by atoms with Crippen LogP contribution >= 0.6 is 11.6 Å². The molecule has 5 nitrogen and oxygen atoms in total. The Hall–Kier alpha value is -1.14. The van der Waals surface area contributed by atoms with Gasteiger partial charge in [-0.25, -0.2) is 0 Å². The van der Waals surface area contributed by atoms with Crippen molar-refractivity contribution in [2.45, 2.75) is 19.1 Å². The van der Waals surface area contributed by atoms with Crippen molar-refractivity contribution in [1.29, 1.82) is 0 Å². The maximum Gasteiger partial charge on any atom is 0.248 e. The van der Waals surface area contributed by atoms with E-state index in [1.165, 1.54) is 0 Å². The predicted octanol–water partition coefficient (Wildman–Crippen LogP) is 0.926. The van der Waals surface area contributed by atoms with Gasteiger partial charge in [-0.1, -0.05) is 17.7 Å². The molecule has 1 aromatic carbocycles. The van der Waals surface area contributed by atoms with Gasteiger partial charge in [0.2, 0.25) is 5.91 Å². The van der Waals surface area contributed by atoms with Crippen LogP contribution in [0.15, 0.2) is 18.2 Å². The van der Waals surface area contributed by atoms with Crippen LogP contribution in [0.3, 0.4) is 0 Å². The van der Waals surface area contributed by atoms with E-state index in [1.807, 2.05) is 0 Å². The summed E-state index contributed by atoms with van der Waals surface area (Å²) in [6, 6.07) is 4.96. The molecule has 0 heterocycles. The van der Waals surface area contributed by atoms with E-state index in [2.05, 4.69) is 5.32 Å². The number of amides is 1. The Morgan fingerprint density at radius 2 is 2.32 bits per heavy atom. The Labute approximate surface area is 117 Å². The third-order valence-corrected chi connectivity index (χ3v) is 3.02. The molecule has 1 amide bonds. The lowest BCUT2D eigenvalue weighted by atomic mass is 10.1. The Balaban J connectivity index is 2.39. The summed E-state index contributed by atoms with van der Waals surface area (Å²) in [6.07, 6.45) is 0.135. The van der Waals surface area contributed by atoms with Gasteiger partial charge in [-0.3, -0.25) is 4.79 Å². The van der Waals surface area contributed by atoms with Crippen molar-refractivity contribution < 1.29 is 14.6 Å². The number of carbonyl (C=O) groups is 1. The van der Waals surface area contributed by atoms with Crippen LogP contribution in [0.25, 0.3) is 0 Å². The van der Waals surface area contributed by atoms with E-state index >= 15 is 0 Å². The number of aliphatic hydroxyl groups is 1. The van der Waals surface area contributed by atoms with Crippen molar-refractivity contribution in [3.8, 4) is 0 Å².